The molecule has 146 valence electrons. The van der Waals surface area contributed by atoms with Crippen LogP contribution in [0.5, 0.6) is 0 Å². The van der Waals surface area contributed by atoms with Crippen LogP contribution in [0.2, 0.25) is 0 Å². The molecule has 2 fully saturated rings. The highest BCUT2D eigenvalue weighted by Gasteiger charge is 2.40. The summed E-state index contributed by atoms with van der Waals surface area (Å²) in [5.41, 5.74) is 8.60. The van der Waals surface area contributed by atoms with Gasteiger partial charge in [-0.25, -0.2) is 0 Å². The summed E-state index contributed by atoms with van der Waals surface area (Å²) in [5, 5.41) is 3.35. The predicted octanol–water partition coefficient (Wildman–Crippen LogP) is 2.54. The number of hydrogen-bond acceptors (Lipinski definition) is 3. The summed E-state index contributed by atoms with van der Waals surface area (Å²) in [6, 6.07) is 8.61. The fourth-order valence-corrected chi connectivity index (χ4v) is 5.69. The minimum absolute atomic E-state index is 0.0443. The number of nitrogens with two attached hydrogens (primary N) is 1. The molecule has 0 aromatic heterocycles. The number of nitrogens with zero attached hydrogens (tertiary/aromatic N) is 1. The molecule has 2 amide bonds. The van der Waals surface area contributed by atoms with Crippen LogP contribution in [0.15, 0.2) is 24.3 Å². The summed E-state index contributed by atoms with van der Waals surface area (Å²) in [7, 11) is 0. The largest absolute Gasteiger partial charge is 0.353 e. The highest BCUT2D eigenvalue weighted by molar-refractivity contribution is 5.80. The maximum absolute atomic E-state index is 13.0. The number of benzene rings is 1. The Morgan fingerprint density at radius 2 is 1.89 bits per heavy atom. The molecule has 3 unspecified atom stereocenters. The maximum Gasteiger partial charge on any atom is 0.222 e. The van der Waals surface area contributed by atoms with Crippen molar-refractivity contribution >= 4 is 11.8 Å². The third kappa shape index (κ3) is 3.75. The van der Waals surface area contributed by atoms with Gasteiger partial charge in [-0.15, -0.1) is 0 Å². The Balaban J connectivity index is 1.49. The van der Waals surface area contributed by atoms with Crippen molar-refractivity contribution in [2.75, 3.05) is 6.54 Å². The van der Waals surface area contributed by atoms with Crippen molar-refractivity contribution in [2.45, 2.75) is 70.0 Å². The monoisotopic (exact) mass is 369 g/mol. The Kier molecular flexibility index (Phi) is 5.22. The minimum atomic E-state index is -0.155. The van der Waals surface area contributed by atoms with E-state index in [9.17, 15) is 9.59 Å². The number of fused-ring (bicyclic) bond motifs is 3. The van der Waals surface area contributed by atoms with Gasteiger partial charge in [-0.1, -0.05) is 30.7 Å². The van der Waals surface area contributed by atoms with E-state index in [-0.39, 0.29) is 29.9 Å². The fourth-order valence-electron chi connectivity index (χ4n) is 5.69. The van der Waals surface area contributed by atoms with Gasteiger partial charge >= 0.3 is 0 Å². The molecule has 5 heteroatoms. The second-order valence-electron chi connectivity index (χ2n) is 8.66. The van der Waals surface area contributed by atoms with Crippen LogP contribution >= 0.6 is 0 Å². The number of hydrogen-bond donors (Lipinski definition) is 2. The number of amides is 2. The fraction of sp³-hybridized carbons (Fsp3) is 0.636. The van der Waals surface area contributed by atoms with Crippen molar-refractivity contribution in [1.82, 2.24) is 10.2 Å². The molecule has 0 saturated heterocycles. The van der Waals surface area contributed by atoms with Gasteiger partial charge in [0.25, 0.3) is 0 Å². The Bertz CT molecular complexity index is 705. The smallest absolute Gasteiger partial charge is 0.222 e. The maximum atomic E-state index is 13.0. The lowest BCUT2D eigenvalue weighted by Gasteiger charge is -2.45. The molecule has 2 bridgehead atoms. The minimum Gasteiger partial charge on any atom is -0.353 e. The zero-order valence-electron chi connectivity index (χ0n) is 16.2. The molecule has 4 rings (SSSR count). The zero-order chi connectivity index (χ0) is 19.0. The van der Waals surface area contributed by atoms with Crippen LogP contribution in [0.25, 0.3) is 0 Å². The SMILES string of the molecule is CC(=O)N1CCc2ccccc2C1CC(=O)NC1C2CCCC1CC(N)C2. The Labute approximate surface area is 161 Å². The van der Waals surface area contributed by atoms with Crippen molar-refractivity contribution in [3.05, 3.63) is 35.4 Å². The average Bonchev–Trinajstić information content (AvgIpc) is 2.62. The van der Waals surface area contributed by atoms with Gasteiger partial charge in [0, 0.05) is 25.6 Å². The molecule has 2 aliphatic carbocycles. The van der Waals surface area contributed by atoms with Gasteiger partial charge in [0.15, 0.2) is 0 Å². The van der Waals surface area contributed by atoms with E-state index in [0.717, 1.165) is 24.8 Å². The second-order valence-corrected chi connectivity index (χ2v) is 8.66. The van der Waals surface area contributed by atoms with Crippen LogP contribution in [-0.2, 0) is 16.0 Å². The Hall–Kier alpha value is -1.88. The molecule has 3 aliphatic rings. The van der Waals surface area contributed by atoms with E-state index in [1.165, 1.54) is 24.8 Å². The summed E-state index contributed by atoms with van der Waals surface area (Å²) in [4.78, 5) is 27.0. The Morgan fingerprint density at radius 3 is 2.59 bits per heavy atom. The van der Waals surface area contributed by atoms with Crippen molar-refractivity contribution in [3.8, 4) is 0 Å². The van der Waals surface area contributed by atoms with E-state index in [0.29, 0.717) is 24.8 Å². The van der Waals surface area contributed by atoms with Gasteiger partial charge in [0.1, 0.15) is 0 Å². The molecule has 3 atom stereocenters. The van der Waals surface area contributed by atoms with E-state index in [4.69, 9.17) is 5.73 Å². The van der Waals surface area contributed by atoms with Gasteiger partial charge in [-0.05, 0) is 55.1 Å². The van der Waals surface area contributed by atoms with Crippen molar-refractivity contribution in [2.24, 2.45) is 17.6 Å². The van der Waals surface area contributed by atoms with Crippen LogP contribution < -0.4 is 11.1 Å². The average molecular weight is 370 g/mol. The van der Waals surface area contributed by atoms with Crippen LogP contribution in [-0.4, -0.2) is 35.3 Å². The first-order valence-corrected chi connectivity index (χ1v) is 10.4. The molecule has 0 radical (unpaired) electrons. The third-order valence-electron chi connectivity index (χ3n) is 6.90. The van der Waals surface area contributed by atoms with Gasteiger partial charge in [0.05, 0.1) is 12.5 Å². The molecule has 0 spiro atoms. The molecular formula is C22H31N3O2. The zero-order valence-corrected chi connectivity index (χ0v) is 16.2. The quantitative estimate of drug-likeness (QED) is 0.860. The van der Waals surface area contributed by atoms with Gasteiger partial charge in [-0.2, -0.15) is 0 Å². The summed E-state index contributed by atoms with van der Waals surface area (Å²) in [6.07, 6.45) is 6.84. The molecule has 2 saturated carbocycles. The van der Waals surface area contributed by atoms with Crippen LogP contribution in [0, 0.1) is 11.8 Å². The van der Waals surface area contributed by atoms with Crippen molar-refractivity contribution in [1.29, 1.82) is 0 Å². The van der Waals surface area contributed by atoms with E-state index >= 15 is 0 Å². The van der Waals surface area contributed by atoms with Crippen molar-refractivity contribution < 1.29 is 9.59 Å². The summed E-state index contributed by atoms with van der Waals surface area (Å²) in [5.74, 6) is 1.14. The molecule has 3 N–H and O–H groups in total. The Morgan fingerprint density at radius 1 is 1.19 bits per heavy atom. The number of rotatable bonds is 3. The van der Waals surface area contributed by atoms with Crippen LogP contribution in [0.4, 0.5) is 0 Å². The normalized spacial score (nSPS) is 32.5. The molecule has 1 aromatic carbocycles. The summed E-state index contributed by atoms with van der Waals surface area (Å²) >= 11 is 0. The summed E-state index contributed by atoms with van der Waals surface area (Å²) < 4.78 is 0. The van der Waals surface area contributed by atoms with Crippen molar-refractivity contribution in [3.63, 3.8) is 0 Å². The third-order valence-corrected chi connectivity index (χ3v) is 6.90. The molecule has 1 aromatic rings. The van der Waals surface area contributed by atoms with E-state index in [2.05, 4.69) is 17.4 Å². The van der Waals surface area contributed by atoms with Gasteiger partial charge < -0.3 is 16.0 Å². The first-order valence-electron chi connectivity index (χ1n) is 10.4. The van der Waals surface area contributed by atoms with E-state index in [1.807, 2.05) is 17.0 Å². The lowest BCUT2D eigenvalue weighted by atomic mass is 9.67. The van der Waals surface area contributed by atoms with Gasteiger partial charge in [0.2, 0.25) is 11.8 Å². The molecule has 1 heterocycles. The lowest BCUT2D eigenvalue weighted by Crippen LogP contribution is -2.54. The number of nitrogens with one attached hydrogen (secondary N) is 1. The standard InChI is InChI=1S/C22H31N3O2/c1-14(26)25-10-9-15-5-2-3-8-19(15)20(25)13-21(27)24-22-16-6-4-7-17(22)12-18(23)11-16/h2-3,5,8,16-18,20,22H,4,6-7,9-13,23H2,1H3,(H,24,27). The first-order chi connectivity index (χ1) is 13.0. The highest BCUT2D eigenvalue weighted by Crippen LogP contribution is 2.40. The molecule has 5 nitrogen and oxygen atoms in total. The first kappa shape index (κ1) is 18.5. The molecule has 1 aliphatic heterocycles. The highest BCUT2D eigenvalue weighted by atomic mass is 16.2. The van der Waals surface area contributed by atoms with E-state index < -0.39 is 0 Å². The van der Waals surface area contributed by atoms with Crippen LogP contribution in [0.1, 0.15) is 62.6 Å². The predicted molar refractivity (Wildman–Crippen MR) is 105 cm³/mol. The summed E-state index contributed by atoms with van der Waals surface area (Å²) in [6.45, 7) is 2.29. The van der Waals surface area contributed by atoms with E-state index in [1.54, 1.807) is 6.92 Å². The van der Waals surface area contributed by atoms with Crippen LogP contribution in [0.3, 0.4) is 0 Å². The number of carbonyl (C=O) groups is 2. The topological polar surface area (TPSA) is 75.4 Å². The second kappa shape index (κ2) is 7.63. The molecule has 27 heavy (non-hydrogen) atoms. The number of carbonyl (C=O) groups excluding carboxylic acids is 2. The van der Waals surface area contributed by atoms with Gasteiger partial charge in [-0.3, -0.25) is 9.59 Å². The lowest BCUT2D eigenvalue weighted by molar-refractivity contribution is -0.133. The molecular weight excluding hydrogens is 338 g/mol.